The number of rotatable bonds is 3. The molecule has 3 rings (SSSR count). The zero-order chi connectivity index (χ0) is 14.8. The predicted molar refractivity (Wildman–Crippen MR) is 78.3 cm³/mol. The Bertz CT molecular complexity index is 553. The zero-order valence-electron chi connectivity index (χ0n) is 11.8. The Morgan fingerprint density at radius 3 is 2.62 bits per heavy atom. The molecule has 1 fully saturated rings. The van der Waals surface area contributed by atoms with Gasteiger partial charge in [-0.15, -0.1) is 0 Å². The molecule has 2 aliphatic rings. The normalized spacial score (nSPS) is 21.7. The van der Waals surface area contributed by atoms with Crippen molar-refractivity contribution in [2.75, 3.05) is 44.6 Å². The van der Waals surface area contributed by atoms with Crippen LogP contribution in [0.1, 0.15) is 11.5 Å². The van der Waals surface area contributed by atoms with Gasteiger partial charge in [-0.25, -0.2) is 0 Å². The lowest BCUT2D eigenvalue weighted by molar-refractivity contribution is -0.139. The number of carboxylic acid groups (broad SMARTS) is 1. The van der Waals surface area contributed by atoms with Crippen molar-refractivity contribution in [3.05, 3.63) is 29.8 Å². The molecule has 1 aromatic rings. The molecular weight excluding hydrogens is 270 g/mol. The third-order valence-electron chi connectivity index (χ3n) is 4.17. The smallest absolute Gasteiger partial charge is 0.317 e. The number of carbonyl (C=O) groups excluding carboxylic acids is 1. The van der Waals surface area contributed by atoms with E-state index in [9.17, 15) is 9.59 Å². The number of piperazine rings is 1. The van der Waals surface area contributed by atoms with Gasteiger partial charge in [-0.2, -0.15) is 0 Å². The quantitative estimate of drug-likeness (QED) is 0.844. The lowest BCUT2D eigenvalue weighted by Gasteiger charge is -2.35. The second kappa shape index (κ2) is 5.73. The zero-order valence-corrected chi connectivity index (χ0v) is 11.8. The maximum absolute atomic E-state index is 12.6. The first-order chi connectivity index (χ1) is 10.1. The van der Waals surface area contributed by atoms with Gasteiger partial charge in [0.15, 0.2) is 0 Å². The van der Waals surface area contributed by atoms with E-state index in [2.05, 4.69) is 5.32 Å². The number of nitrogens with one attached hydrogen (secondary N) is 1. The maximum Gasteiger partial charge on any atom is 0.317 e. The topological polar surface area (TPSA) is 72.9 Å². The lowest BCUT2D eigenvalue weighted by Crippen LogP contribution is -2.51. The van der Waals surface area contributed by atoms with E-state index in [0.717, 1.165) is 11.3 Å². The number of hydrogen-bond donors (Lipinski definition) is 2. The third kappa shape index (κ3) is 2.85. The Labute approximate surface area is 123 Å². The number of nitrogens with zero attached hydrogens (tertiary/aromatic N) is 2. The molecule has 0 bridgehead atoms. The van der Waals surface area contributed by atoms with Crippen LogP contribution < -0.4 is 5.32 Å². The van der Waals surface area contributed by atoms with Gasteiger partial charge in [0.25, 0.3) is 0 Å². The van der Waals surface area contributed by atoms with Gasteiger partial charge in [0, 0.05) is 38.4 Å². The highest BCUT2D eigenvalue weighted by Gasteiger charge is 2.33. The van der Waals surface area contributed by atoms with E-state index in [0.29, 0.717) is 32.7 Å². The van der Waals surface area contributed by atoms with Gasteiger partial charge in [0.2, 0.25) is 5.91 Å². The van der Waals surface area contributed by atoms with Crippen LogP contribution in [0.5, 0.6) is 0 Å². The summed E-state index contributed by atoms with van der Waals surface area (Å²) in [5.74, 6) is -0.793. The largest absolute Gasteiger partial charge is 0.480 e. The molecule has 0 radical (unpaired) electrons. The number of anilines is 1. The number of amides is 1. The summed E-state index contributed by atoms with van der Waals surface area (Å²) in [6.45, 7) is 3.15. The first-order valence-electron chi connectivity index (χ1n) is 7.21. The first kappa shape index (κ1) is 13.9. The molecule has 21 heavy (non-hydrogen) atoms. The molecule has 0 aliphatic carbocycles. The minimum Gasteiger partial charge on any atom is -0.480 e. The highest BCUT2D eigenvalue weighted by molar-refractivity contribution is 5.88. The summed E-state index contributed by atoms with van der Waals surface area (Å²) < 4.78 is 0. The molecule has 0 spiro atoms. The van der Waals surface area contributed by atoms with Crippen LogP contribution in [0.15, 0.2) is 24.3 Å². The van der Waals surface area contributed by atoms with Crippen LogP contribution in [0.25, 0.3) is 0 Å². The Morgan fingerprint density at radius 1 is 1.19 bits per heavy atom. The van der Waals surface area contributed by atoms with Crippen molar-refractivity contribution in [3.8, 4) is 0 Å². The molecule has 2 heterocycles. The average molecular weight is 289 g/mol. The van der Waals surface area contributed by atoms with Gasteiger partial charge >= 0.3 is 5.97 Å². The third-order valence-corrected chi connectivity index (χ3v) is 4.17. The summed E-state index contributed by atoms with van der Waals surface area (Å²) in [5.41, 5.74) is 2.11. The minimum atomic E-state index is -0.816. The molecular formula is C15H19N3O3. The SMILES string of the molecule is O=C(O)CN1CCN(C(=O)C2CNc3ccccc32)CC1. The predicted octanol–water partition coefficient (Wildman–Crippen LogP) is 0.424. The Morgan fingerprint density at radius 2 is 1.90 bits per heavy atom. The maximum atomic E-state index is 12.6. The van der Waals surface area contributed by atoms with E-state index in [4.69, 9.17) is 5.11 Å². The Kier molecular flexibility index (Phi) is 3.79. The minimum absolute atomic E-state index is 0.0514. The van der Waals surface area contributed by atoms with Gasteiger partial charge in [0.1, 0.15) is 0 Å². The Balaban J connectivity index is 1.62. The molecule has 6 nitrogen and oxygen atoms in total. The number of carboxylic acids is 1. The van der Waals surface area contributed by atoms with Crippen molar-refractivity contribution in [2.24, 2.45) is 0 Å². The standard InChI is InChI=1S/C15H19N3O3/c19-14(20)10-17-5-7-18(8-6-17)15(21)12-9-16-13-4-2-1-3-11(12)13/h1-4,12,16H,5-10H2,(H,19,20). The summed E-state index contributed by atoms with van der Waals surface area (Å²) in [6.07, 6.45) is 0. The van der Waals surface area contributed by atoms with E-state index in [-0.39, 0.29) is 18.4 Å². The number of hydrogen-bond acceptors (Lipinski definition) is 4. The number of aliphatic carboxylic acids is 1. The molecule has 0 saturated carbocycles. The van der Waals surface area contributed by atoms with Crippen LogP contribution in [0.4, 0.5) is 5.69 Å². The van der Waals surface area contributed by atoms with Crippen LogP contribution in [0.3, 0.4) is 0 Å². The molecule has 0 aromatic heterocycles. The highest BCUT2D eigenvalue weighted by Crippen LogP contribution is 2.32. The Hall–Kier alpha value is -2.08. The van der Waals surface area contributed by atoms with E-state index in [1.54, 1.807) is 0 Å². The van der Waals surface area contributed by atoms with Gasteiger partial charge in [-0.05, 0) is 11.6 Å². The van der Waals surface area contributed by atoms with Gasteiger partial charge in [-0.3, -0.25) is 14.5 Å². The van der Waals surface area contributed by atoms with Crippen LogP contribution in [0, 0.1) is 0 Å². The number of carbonyl (C=O) groups is 2. The molecule has 1 atom stereocenters. The average Bonchev–Trinajstić information content (AvgIpc) is 2.90. The van der Waals surface area contributed by atoms with Crippen molar-refractivity contribution in [1.82, 2.24) is 9.80 Å². The summed E-state index contributed by atoms with van der Waals surface area (Å²) in [7, 11) is 0. The van der Waals surface area contributed by atoms with Crippen LogP contribution >= 0.6 is 0 Å². The monoisotopic (exact) mass is 289 g/mol. The lowest BCUT2D eigenvalue weighted by atomic mass is 9.99. The van der Waals surface area contributed by atoms with E-state index >= 15 is 0 Å². The molecule has 1 amide bonds. The van der Waals surface area contributed by atoms with Gasteiger partial charge in [-0.1, -0.05) is 18.2 Å². The molecule has 1 unspecified atom stereocenters. The van der Waals surface area contributed by atoms with Gasteiger partial charge in [0.05, 0.1) is 12.5 Å². The van der Waals surface area contributed by atoms with Crippen LogP contribution in [0.2, 0.25) is 0 Å². The second-order valence-electron chi connectivity index (χ2n) is 5.52. The van der Waals surface area contributed by atoms with Crippen molar-refractivity contribution in [3.63, 3.8) is 0 Å². The fraction of sp³-hybridized carbons (Fsp3) is 0.467. The van der Waals surface area contributed by atoms with Crippen molar-refractivity contribution >= 4 is 17.6 Å². The van der Waals surface area contributed by atoms with Crippen LogP contribution in [-0.2, 0) is 9.59 Å². The fourth-order valence-corrected chi connectivity index (χ4v) is 3.04. The van der Waals surface area contributed by atoms with Crippen molar-refractivity contribution < 1.29 is 14.7 Å². The highest BCUT2D eigenvalue weighted by atomic mass is 16.4. The second-order valence-corrected chi connectivity index (χ2v) is 5.52. The van der Waals surface area contributed by atoms with Crippen molar-refractivity contribution in [2.45, 2.75) is 5.92 Å². The number of benzene rings is 1. The van der Waals surface area contributed by atoms with E-state index < -0.39 is 5.97 Å². The summed E-state index contributed by atoms with van der Waals surface area (Å²) in [5, 5.41) is 12.1. The van der Waals surface area contributed by atoms with Gasteiger partial charge < -0.3 is 15.3 Å². The molecule has 1 saturated heterocycles. The summed E-state index contributed by atoms with van der Waals surface area (Å²) in [4.78, 5) is 27.1. The number of fused-ring (bicyclic) bond motifs is 1. The van der Waals surface area contributed by atoms with Crippen molar-refractivity contribution in [1.29, 1.82) is 0 Å². The van der Waals surface area contributed by atoms with Crippen LogP contribution in [-0.4, -0.2) is 66.1 Å². The van der Waals surface area contributed by atoms with E-state index in [1.807, 2.05) is 34.1 Å². The summed E-state index contributed by atoms with van der Waals surface area (Å²) >= 11 is 0. The summed E-state index contributed by atoms with van der Waals surface area (Å²) in [6, 6.07) is 7.91. The number of para-hydroxylation sites is 1. The molecule has 6 heteroatoms. The molecule has 2 aliphatic heterocycles. The fourth-order valence-electron chi connectivity index (χ4n) is 3.04. The first-order valence-corrected chi connectivity index (χ1v) is 7.21. The van der Waals surface area contributed by atoms with E-state index in [1.165, 1.54) is 0 Å². The molecule has 1 aromatic carbocycles. The molecule has 2 N–H and O–H groups in total. The molecule has 112 valence electrons.